The highest BCUT2D eigenvalue weighted by Gasteiger charge is 2.30. The second-order valence-electron chi connectivity index (χ2n) is 9.81. The zero-order chi connectivity index (χ0) is 23.6. The molecule has 0 unspecified atom stereocenters. The fourth-order valence-electron chi connectivity index (χ4n) is 3.94. The van der Waals surface area contributed by atoms with Crippen molar-refractivity contribution in [2.45, 2.75) is 130 Å². The van der Waals surface area contributed by atoms with E-state index in [2.05, 4.69) is 20.8 Å². The van der Waals surface area contributed by atoms with E-state index >= 15 is 0 Å². The van der Waals surface area contributed by atoms with Crippen molar-refractivity contribution in [1.29, 1.82) is 0 Å². The van der Waals surface area contributed by atoms with Crippen molar-refractivity contribution in [1.82, 2.24) is 0 Å². The summed E-state index contributed by atoms with van der Waals surface area (Å²) in [7, 11) is 0. The van der Waals surface area contributed by atoms with Gasteiger partial charge >= 0.3 is 0 Å². The van der Waals surface area contributed by atoms with Gasteiger partial charge in [0, 0.05) is 26.4 Å². The minimum atomic E-state index is -0.214. The van der Waals surface area contributed by atoms with Crippen molar-refractivity contribution in [3.63, 3.8) is 0 Å². The summed E-state index contributed by atoms with van der Waals surface area (Å²) in [6, 6.07) is 0. The fourth-order valence-corrected chi connectivity index (χ4v) is 3.94. The maximum absolute atomic E-state index is 6.23. The number of ether oxygens (including phenoxy) is 3. The molecule has 0 saturated carbocycles. The van der Waals surface area contributed by atoms with Gasteiger partial charge in [-0.05, 0) is 19.3 Å². The quantitative estimate of drug-likeness (QED) is 0.129. The van der Waals surface area contributed by atoms with E-state index in [0.29, 0.717) is 26.4 Å². The van der Waals surface area contributed by atoms with Gasteiger partial charge in [0.25, 0.3) is 0 Å². The van der Waals surface area contributed by atoms with Gasteiger partial charge in [0.15, 0.2) is 0 Å². The highest BCUT2D eigenvalue weighted by Crippen LogP contribution is 2.19. The highest BCUT2D eigenvalue weighted by atomic mass is 16.5. The van der Waals surface area contributed by atoms with Crippen LogP contribution in [-0.4, -0.2) is 46.2 Å². The first-order valence-electron chi connectivity index (χ1n) is 14.2. The van der Waals surface area contributed by atoms with Gasteiger partial charge in [-0.1, -0.05) is 111 Å². The Labute approximate surface area is 201 Å². The van der Waals surface area contributed by atoms with E-state index in [1.54, 1.807) is 0 Å². The molecule has 0 spiro atoms. The summed E-state index contributed by atoms with van der Waals surface area (Å²) >= 11 is 0. The lowest BCUT2D eigenvalue weighted by molar-refractivity contribution is -0.0660. The summed E-state index contributed by atoms with van der Waals surface area (Å²) in [5, 5.41) is 0. The van der Waals surface area contributed by atoms with E-state index < -0.39 is 0 Å². The Bertz CT molecular complexity index is 330. The molecule has 0 heterocycles. The van der Waals surface area contributed by atoms with Crippen molar-refractivity contribution in [2.24, 2.45) is 11.1 Å². The van der Waals surface area contributed by atoms with Gasteiger partial charge in [0.1, 0.15) is 0 Å². The molecule has 0 rings (SSSR count). The minimum Gasteiger partial charge on any atom is -0.381 e. The van der Waals surface area contributed by atoms with Crippen LogP contribution in [0, 0.1) is 5.41 Å². The van der Waals surface area contributed by atoms with E-state index in [4.69, 9.17) is 19.9 Å². The largest absolute Gasteiger partial charge is 0.381 e. The molecule has 32 heavy (non-hydrogen) atoms. The summed E-state index contributed by atoms with van der Waals surface area (Å²) in [4.78, 5) is 0. The lowest BCUT2D eigenvalue weighted by Crippen LogP contribution is -2.44. The van der Waals surface area contributed by atoms with Crippen molar-refractivity contribution in [3.05, 3.63) is 0 Å². The lowest BCUT2D eigenvalue weighted by atomic mass is 9.91. The molecule has 0 atom stereocenters. The number of nitrogens with two attached hydrogens (primary N) is 1. The Morgan fingerprint density at radius 3 is 1.06 bits per heavy atom. The van der Waals surface area contributed by atoms with E-state index in [9.17, 15) is 0 Å². The Balaban J connectivity index is 4.15. The molecule has 0 aliphatic carbocycles. The molecule has 0 aliphatic rings. The Morgan fingerprint density at radius 2 is 0.719 bits per heavy atom. The fraction of sp³-hybridized carbons (Fsp3) is 1.00. The van der Waals surface area contributed by atoms with Crippen LogP contribution in [-0.2, 0) is 14.2 Å². The summed E-state index contributed by atoms with van der Waals surface area (Å²) in [5.74, 6) is 0. The molecule has 0 bridgehead atoms. The Morgan fingerprint density at radius 1 is 0.438 bits per heavy atom. The third-order valence-corrected chi connectivity index (χ3v) is 6.33. The van der Waals surface area contributed by atoms with Gasteiger partial charge in [0.2, 0.25) is 0 Å². The number of hydrogen-bond donors (Lipinski definition) is 1. The maximum atomic E-state index is 6.23. The molecule has 0 aromatic heterocycles. The molecule has 0 amide bonds. The predicted molar refractivity (Wildman–Crippen MR) is 139 cm³/mol. The van der Waals surface area contributed by atoms with Crippen LogP contribution in [0.15, 0.2) is 0 Å². The minimum absolute atomic E-state index is 0.214. The van der Waals surface area contributed by atoms with Gasteiger partial charge in [-0.3, -0.25) is 0 Å². The second-order valence-corrected chi connectivity index (χ2v) is 9.81. The summed E-state index contributed by atoms with van der Waals surface area (Å²) in [5.41, 5.74) is 6.01. The maximum Gasteiger partial charge on any atom is 0.0579 e. The van der Waals surface area contributed by atoms with Crippen LogP contribution < -0.4 is 5.73 Å². The molecule has 4 heteroatoms. The summed E-state index contributed by atoms with van der Waals surface area (Å²) in [6.07, 6.45) is 21.9. The SMILES string of the molecule is CCCCCCCCCOCC(CN)(COCCCCC)COCCCCCCCCC. The first-order chi connectivity index (χ1) is 15.7. The van der Waals surface area contributed by atoms with Gasteiger partial charge in [-0.2, -0.15) is 0 Å². The van der Waals surface area contributed by atoms with Crippen molar-refractivity contribution >= 4 is 0 Å². The highest BCUT2D eigenvalue weighted by molar-refractivity contribution is 4.80. The van der Waals surface area contributed by atoms with Crippen LogP contribution in [0.2, 0.25) is 0 Å². The van der Waals surface area contributed by atoms with Crippen LogP contribution in [0.3, 0.4) is 0 Å². The molecule has 0 radical (unpaired) electrons. The van der Waals surface area contributed by atoms with Crippen molar-refractivity contribution in [3.8, 4) is 0 Å². The normalized spacial score (nSPS) is 12.0. The first-order valence-corrected chi connectivity index (χ1v) is 14.2. The lowest BCUT2D eigenvalue weighted by Gasteiger charge is -2.32. The van der Waals surface area contributed by atoms with Crippen LogP contribution in [0.4, 0.5) is 0 Å². The molecule has 2 N–H and O–H groups in total. The Hall–Kier alpha value is -0.160. The van der Waals surface area contributed by atoms with E-state index in [0.717, 1.165) is 39.1 Å². The van der Waals surface area contributed by atoms with Crippen molar-refractivity contribution in [2.75, 3.05) is 46.2 Å². The number of unbranched alkanes of at least 4 members (excludes halogenated alkanes) is 14. The third kappa shape index (κ3) is 20.4. The van der Waals surface area contributed by atoms with Gasteiger partial charge in [0.05, 0.1) is 25.2 Å². The van der Waals surface area contributed by atoms with E-state index in [1.165, 1.54) is 89.9 Å². The van der Waals surface area contributed by atoms with Crippen LogP contribution in [0.25, 0.3) is 0 Å². The Kier molecular flexibility index (Phi) is 25.3. The van der Waals surface area contributed by atoms with E-state index in [1.807, 2.05) is 0 Å². The number of rotatable bonds is 27. The third-order valence-electron chi connectivity index (χ3n) is 6.33. The average molecular weight is 458 g/mol. The molecular formula is C28H59NO3. The van der Waals surface area contributed by atoms with Crippen LogP contribution >= 0.6 is 0 Å². The molecule has 0 aliphatic heterocycles. The molecule has 4 nitrogen and oxygen atoms in total. The molecule has 194 valence electrons. The van der Waals surface area contributed by atoms with Gasteiger partial charge in [-0.25, -0.2) is 0 Å². The predicted octanol–water partition coefficient (Wildman–Crippen LogP) is 7.67. The zero-order valence-electron chi connectivity index (χ0n) is 22.3. The molecular weight excluding hydrogens is 398 g/mol. The van der Waals surface area contributed by atoms with Gasteiger partial charge < -0.3 is 19.9 Å². The van der Waals surface area contributed by atoms with Crippen LogP contribution in [0.5, 0.6) is 0 Å². The van der Waals surface area contributed by atoms with Crippen molar-refractivity contribution < 1.29 is 14.2 Å². The molecule has 0 aromatic carbocycles. The standard InChI is InChI=1S/C28H59NO3/c1-4-7-10-12-14-16-19-22-31-26-28(24-29,25-30-21-18-9-6-3)27-32-23-20-17-15-13-11-8-5-2/h4-27,29H2,1-3H3. The second kappa shape index (κ2) is 25.5. The molecule has 0 fully saturated rings. The number of hydrogen-bond acceptors (Lipinski definition) is 4. The molecule has 0 saturated heterocycles. The first kappa shape index (κ1) is 31.8. The zero-order valence-corrected chi connectivity index (χ0v) is 22.3. The topological polar surface area (TPSA) is 53.7 Å². The smallest absolute Gasteiger partial charge is 0.0579 e. The van der Waals surface area contributed by atoms with Crippen LogP contribution in [0.1, 0.15) is 130 Å². The molecule has 0 aromatic rings. The average Bonchev–Trinajstić information content (AvgIpc) is 2.81. The summed E-state index contributed by atoms with van der Waals surface area (Å²) < 4.78 is 18.2. The van der Waals surface area contributed by atoms with Gasteiger partial charge in [-0.15, -0.1) is 0 Å². The monoisotopic (exact) mass is 457 g/mol. The summed E-state index contributed by atoms with van der Waals surface area (Å²) in [6.45, 7) is 11.7. The van der Waals surface area contributed by atoms with E-state index in [-0.39, 0.29) is 5.41 Å².